The topological polar surface area (TPSA) is 39.1 Å². The summed E-state index contributed by atoms with van der Waals surface area (Å²) in [5.41, 5.74) is 1.94. The zero-order valence-electron chi connectivity index (χ0n) is 11.1. The fraction of sp³-hybridized carbons (Fsp3) is 0.438. The summed E-state index contributed by atoms with van der Waals surface area (Å²) >= 11 is 0. The summed E-state index contributed by atoms with van der Waals surface area (Å²) in [6, 6.07) is 10.5. The van der Waals surface area contributed by atoms with Gasteiger partial charge in [-0.3, -0.25) is 4.90 Å². The summed E-state index contributed by atoms with van der Waals surface area (Å²) in [6.45, 7) is 3.79. The van der Waals surface area contributed by atoms with Crippen LogP contribution in [-0.4, -0.2) is 30.6 Å². The fourth-order valence-electron chi connectivity index (χ4n) is 2.38. The first-order valence-corrected chi connectivity index (χ1v) is 6.70. The van der Waals surface area contributed by atoms with Crippen molar-refractivity contribution in [2.75, 3.05) is 19.6 Å². The Morgan fingerprint density at radius 2 is 1.95 bits per heavy atom. The third-order valence-corrected chi connectivity index (χ3v) is 3.58. The van der Waals surface area contributed by atoms with Crippen LogP contribution >= 0.6 is 0 Å². The quantitative estimate of drug-likeness (QED) is 0.831. The lowest BCUT2D eigenvalue weighted by Crippen LogP contribution is -2.42. The van der Waals surface area contributed by atoms with Gasteiger partial charge in [0, 0.05) is 25.7 Å². The number of nitrogens with zero attached hydrogens (tertiary/aromatic N) is 2. The van der Waals surface area contributed by atoms with E-state index in [1.54, 1.807) is 0 Å². The minimum atomic E-state index is 0.574. The van der Waals surface area contributed by atoms with Gasteiger partial charge in [0.25, 0.3) is 0 Å². The minimum absolute atomic E-state index is 0.574. The van der Waals surface area contributed by atoms with E-state index in [1.807, 2.05) is 24.3 Å². The van der Waals surface area contributed by atoms with Crippen LogP contribution in [0.3, 0.4) is 0 Å². The van der Waals surface area contributed by atoms with Gasteiger partial charge in [0.05, 0.1) is 18.2 Å². The van der Waals surface area contributed by atoms with Crippen LogP contribution in [0.15, 0.2) is 24.3 Å². The SMILES string of the molecule is C#CCN1CCC(NCc2ccc(C#N)cc2)CC1. The molecule has 0 radical (unpaired) electrons. The predicted octanol–water partition coefficient (Wildman–Crippen LogP) is 1.75. The number of benzene rings is 1. The molecule has 0 atom stereocenters. The van der Waals surface area contributed by atoms with Crippen molar-refractivity contribution in [3.05, 3.63) is 35.4 Å². The largest absolute Gasteiger partial charge is 0.310 e. The molecule has 1 saturated heterocycles. The van der Waals surface area contributed by atoms with Gasteiger partial charge in [-0.15, -0.1) is 6.42 Å². The van der Waals surface area contributed by atoms with Crippen molar-refractivity contribution in [2.45, 2.75) is 25.4 Å². The second-order valence-electron chi connectivity index (χ2n) is 4.94. The molecule has 3 heteroatoms. The molecule has 0 bridgehead atoms. The van der Waals surface area contributed by atoms with Crippen molar-refractivity contribution in [2.24, 2.45) is 0 Å². The number of hydrogen-bond acceptors (Lipinski definition) is 3. The Kier molecular flexibility index (Phi) is 4.98. The Morgan fingerprint density at radius 3 is 2.53 bits per heavy atom. The molecule has 19 heavy (non-hydrogen) atoms. The first-order chi connectivity index (χ1) is 9.31. The maximum absolute atomic E-state index is 8.75. The zero-order valence-corrected chi connectivity index (χ0v) is 11.1. The predicted molar refractivity (Wildman–Crippen MR) is 76.3 cm³/mol. The van der Waals surface area contributed by atoms with Gasteiger partial charge in [-0.05, 0) is 30.5 Å². The van der Waals surface area contributed by atoms with Crippen molar-refractivity contribution >= 4 is 0 Å². The van der Waals surface area contributed by atoms with E-state index in [0.29, 0.717) is 11.6 Å². The van der Waals surface area contributed by atoms with E-state index in [0.717, 1.165) is 39.0 Å². The smallest absolute Gasteiger partial charge is 0.0991 e. The first kappa shape index (κ1) is 13.6. The monoisotopic (exact) mass is 253 g/mol. The van der Waals surface area contributed by atoms with Gasteiger partial charge < -0.3 is 5.32 Å². The molecule has 0 saturated carbocycles. The summed E-state index contributed by atoms with van der Waals surface area (Å²) in [6.07, 6.45) is 7.62. The summed E-state index contributed by atoms with van der Waals surface area (Å²) < 4.78 is 0. The molecule has 1 aliphatic heterocycles. The molecule has 0 unspecified atom stereocenters. The van der Waals surface area contributed by atoms with Gasteiger partial charge >= 0.3 is 0 Å². The van der Waals surface area contributed by atoms with Gasteiger partial charge in [0.1, 0.15) is 0 Å². The molecule has 2 rings (SSSR count). The normalized spacial score (nSPS) is 16.7. The maximum Gasteiger partial charge on any atom is 0.0991 e. The van der Waals surface area contributed by atoms with Crippen molar-refractivity contribution in [3.8, 4) is 18.4 Å². The van der Waals surface area contributed by atoms with Crippen LogP contribution in [0, 0.1) is 23.7 Å². The van der Waals surface area contributed by atoms with Crippen LogP contribution in [0.4, 0.5) is 0 Å². The van der Waals surface area contributed by atoms with E-state index < -0.39 is 0 Å². The van der Waals surface area contributed by atoms with Crippen LogP contribution in [0.2, 0.25) is 0 Å². The van der Waals surface area contributed by atoms with Gasteiger partial charge in [-0.25, -0.2) is 0 Å². The number of terminal acetylenes is 1. The zero-order chi connectivity index (χ0) is 13.5. The summed E-state index contributed by atoms with van der Waals surface area (Å²) in [7, 11) is 0. The Balaban J connectivity index is 1.74. The highest BCUT2D eigenvalue weighted by Gasteiger charge is 2.17. The number of likely N-dealkylation sites (tertiary alicyclic amines) is 1. The van der Waals surface area contributed by atoms with Crippen LogP contribution < -0.4 is 5.32 Å². The van der Waals surface area contributed by atoms with E-state index in [1.165, 1.54) is 5.56 Å². The van der Waals surface area contributed by atoms with Crippen molar-refractivity contribution in [3.63, 3.8) is 0 Å². The van der Waals surface area contributed by atoms with E-state index in [-0.39, 0.29) is 0 Å². The molecule has 3 nitrogen and oxygen atoms in total. The minimum Gasteiger partial charge on any atom is -0.310 e. The Morgan fingerprint density at radius 1 is 1.26 bits per heavy atom. The lowest BCUT2D eigenvalue weighted by molar-refractivity contribution is 0.217. The molecular weight excluding hydrogens is 234 g/mol. The third kappa shape index (κ3) is 4.10. The second-order valence-corrected chi connectivity index (χ2v) is 4.94. The summed E-state index contributed by atoms with van der Waals surface area (Å²) in [5, 5.41) is 12.3. The average molecular weight is 253 g/mol. The van der Waals surface area contributed by atoms with Crippen LogP contribution in [0.1, 0.15) is 24.0 Å². The van der Waals surface area contributed by atoms with Crippen molar-refractivity contribution in [1.29, 1.82) is 5.26 Å². The molecule has 1 N–H and O–H groups in total. The van der Waals surface area contributed by atoms with Crippen LogP contribution in [0.5, 0.6) is 0 Å². The van der Waals surface area contributed by atoms with Gasteiger partial charge in [0.15, 0.2) is 0 Å². The van der Waals surface area contributed by atoms with E-state index in [4.69, 9.17) is 11.7 Å². The molecule has 0 aliphatic carbocycles. The molecule has 98 valence electrons. The van der Waals surface area contributed by atoms with Crippen LogP contribution in [-0.2, 0) is 6.54 Å². The summed E-state index contributed by atoms with van der Waals surface area (Å²) in [4.78, 5) is 2.32. The molecule has 1 aromatic carbocycles. The average Bonchev–Trinajstić information content (AvgIpc) is 2.47. The molecule has 0 amide bonds. The van der Waals surface area contributed by atoms with Crippen LogP contribution in [0.25, 0.3) is 0 Å². The molecule has 1 aromatic rings. The first-order valence-electron chi connectivity index (χ1n) is 6.70. The van der Waals surface area contributed by atoms with E-state index in [2.05, 4.69) is 22.2 Å². The Hall–Kier alpha value is -1.81. The summed E-state index contributed by atoms with van der Waals surface area (Å²) in [5.74, 6) is 2.70. The van der Waals surface area contributed by atoms with Gasteiger partial charge in [0.2, 0.25) is 0 Å². The number of rotatable bonds is 4. The lowest BCUT2D eigenvalue weighted by Gasteiger charge is -2.31. The fourth-order valence-corrected chi connectivity index (χ4v) is 2.38. The van der Waals surface area contributed by atoms with Crippen molar-refractivity contribution < 1.29 is 0 Å². The molecule has 0 aromatic heterocycles. The molecule has 1 heterocycles. The van der Waals surface area contributed by atoms with Gasteiger partial charge in [-0.2, -0.15) is 5.26 Å². The number of nitrogens with one attached hydrogen (secondary N) is 1. The Bertz CT molecular complexity index is 470. The molecular formula is C16H19N3. The number of piperidine rings is 1. The van der Waals surface area contributed by atoms with E-state index >= 15 is 0 Å². The highest BCUT2D eigenvalue weighted by atomic mass is 15.1. The second kappa shape index (κ2) is 6.95. The maximum atomic E-state index is 8.75. The third-order valence-electron chi connectivity index (χ3n) is 3.58. The van der Waals surface area contributed by atoms with E-state index in [9.17, 15) is 0 Å². The lowest BCUT2D eigenvalue weighted by atomic mass is 10.0. The highest BCUT2D eigenvalue weighted by molar-refractivity contribution is 5.31. The van der Waals surface area contributed by atoms with Crippen molar-refractivity contribution in [1.82, 2.24) is 10.2 Å². The molecule has 0 spiro atoms. The Labute approximate surface area is 115 Å². The number of nitriles is 1. The number of hydrogen-bond donors (Lipinski definition) is 1. The standard InChI is InChI=1S/C16H19N3/c1-2-9-19-10-7-16(8-11-19)18-13-15-5-3-14(12-17)4-6-15/h1,3-6,16,18H,7-11,13H2. The van der Waals surface area contributed by atoms with Gasteiger partial charge in [-0.1, -0.05) is 18.1 Å². The molecule has 1 aliphatic rings. The molecule has 1 fully saturated rings. The highest BCUT2D eigenvalue weighted by Crippen LogP contribution is 2.11.